The van der Waals surface area contributed by atoms with Crippen LogP contribution < -0.4 is 5.14 Å². The van der Waals surface area contributed by atoms with Crippen molar-refractivity contribution < 1.29 is 18.3 Å². The molecule has 0 radical (unpaired) electrons. The van der Waals surface area contributed by atoms with Crippen LogP contribution in [-0.2, 0) is 10.0 Å². The molecule has 0 aliphatic rings. The third kappa shape index (κ3) is 2.34. The van der Waals surface area contributed by atoms with E-state index in [1.807, 2.05) is 0 Å². The van der Waals surface area contributed by atoms with Gasteiger partial charge in [0.05, 0.1) is 10.5 Å². The van der Waals surface area contributed by atoms with Crippen LogP contribution in [0.1, 0.15) is 21.5 Å². The molecule has 1 aromatic rings. The van der Waals surface area contributed by atoms with Crippen molar-refractivity contribution in [1.29, 1.82) is 0 Å². The van der Waals surface area contributed by atoms with E-state index in [0.717, 1.165) is 0 Å². The average Bonchev–Trinajstić information content (AvgIpc) is 1.99. The van der Waals surface area contributed by atoms with E-state index in [2.05, 4.69) is 0 Å². The molecule has 0 atom stereocenters. The Morgan fingerprint density at radius 2 is 1.67 bits per heavy atom. The highest BCUT2D eigenvalue weighted by atomic mass is 32.2. The highest BCUT2D eigenvalue weighted by Gasteiger charge is 2.17. The molecule has 3 N–H and O–H groups in total. The zero-order valence-electron chi connectivity index (χ0n) is 8.31. The van der Waals surface area contributed by atoms with Gasteiger partial charge in [0, 0.05) is 0 Å². The minimum atomic E-state index is -3.80. The number of carboxylic acid groups (broad SMARTS) is 1. The summed E-state index contributed by atoms with van der Waals surface area (Å²) in [5.41, 5.74) is 0.738. The van der Waals surface area contributed by atoms with Gasteiger partial charge in [-0.25, -0.2) is 18.4 Å². The predicted molar refractivity (Wildman–Crippen MR) is 54.2 cm³/mol. The molecule has 0 unspecified atom stereocenters. The molecule has 15 heavy (non-hydrogen) atoms. The van der Waals surface area contributed by atoms with Gasteiger partial charge in [0.1, 0.15) is 0 Å². The van der Waals surface area contributed by atoms with E-state index < -0.39 is 16.0 Å². The van der Waals surface area contributed by atoms with Crippen LogP contribution in [-0.4, -0.2) is 19.5 Å². The molecule has 1 aromatic carbocycles. The molecule has 1 rings (SSSR count). The van der Waals surface area contributed by atoms with Crippen LogP contribution in [0.15, 0.2) is 17.0 Å². The number of hydrogen-bond acceptors (Lipinski definition) is 3. The zero-order chi connectivity index (χ0) is 11.8. The van der Waals surface area contributed by atoms with E-state index in [9.17, 15) is 13.2 Å². The predicted octanol–water partition coefficient (Wildman–Crippen LogP) is 0.649. The molecule has 0 aliphatic carbocycles. The summed E-state index contributed by atoms with van der Waals surface area (Å²) in [6.07, 6.45) is 0. The van der Waals surface area contributed by atoms with Gasteiger partial charge in [-0.15, -0.1) is 0 Å². The number of carboxylic acids is 1. The van der Waals surface area contributed by atoms with Gasteiger partial charge in [0.2, 0.25) is 10.0 Å². The van der Waals surface area contributed by atoms with Gasteiger partial charge in [0.15, 0.2) is 0 Å². The summed E-state index contributed by atoms with van der Waals surface area (Å²) in [4.78, 5) is 10.7. The normalized spacial score (nSPS) is 11.4. The van der Waals surface area contributed by atoms with Gasteiger partial charge in [0.25, 0.3) is 0 Å². The molecule has 0 spiro atoms. The number of hydrogen-bond donors (Lipinski definition) is 2. The zero-order valence-corrected chi connectivity index (χ0v) is 9.13. The molecule has 0 saturated heterocycles. The largest absolute Gasteiger partial charge is 0.478 e. The highest BCUT2D eigenvalue weighted by Crippen LogP contribution is 2.20. The summed E-state index contributed by atoms with van der Waals surface area (Å²) in [5.74, 6) is -1.10. The number of carbonyl (C=O) groups is 1. The Balaban J connectivity index is 3.55. The monoisotopic (exact) mass is 229 g/mol. The molecular weight excluding hydrogens is 218 g/mol. The molecule has 0 bridgehead atoms. The third-order valence-corrected chi connectivity index (χ3v) is 3.20. The van der Waals surface area contributed by atoms with E-state index in [0.29, 0.717) is 11.1 Å². The minimum Gasteiger partial charge on any atom is -0.478 e. The van der Waals surface area contributed by atoms with Gasteiger partial charge >= 0.3 is 5.97 Å². The summed E-state index contributed by atoms with van der Waals surface area (Å²) < 4.78 is 22.4. The lowest BCUT2D eigenvalue weighted by molar-refractivity contribution is 0.0696. The second kappa shape index (κ2) is 3.63. The molecule has 5 nitrogen and oxygen atoms in total. The lowest BCUT2D eigenvalue weighted by Crippen LogP contribution is -2.16. The summed E-state index contributed by atoms with van der Waals surface area (Å²) in [5, 5.41) is 13.8. The van der Waals surface area contributed by atoms with Gasteiger partial charge in [-0.3, -0.25) is 0 Å². The number of benzene rings is 1. The molecule has 0 amide bonds. The minimum absolute atomic E-state index is 0.00694. The Morgan fingerprint density at radius 3 is 1.93 bits per heavy atom. The Morgan fingerprint density at radius 1 is 1.27 bits per heavy atom. The van der Waals surface area contributed by atoms with Crippen molar-refractivity contribution in [3.8, 4) is 0 Å². The van der Waals surface area contributed by atoms with Crippen LogP contribution in [0, 0.1) is 13.8 Å². The van der Waals surface area contributed by atoms with Crippen LogP contribution in [0.5, 0.6) is 0 Å². The van der Waals surface area contributed by atoms with Crippen LogP contribution in [0.2, 0.25) is 0 Å². The number of nitrogens with two attached hydrogens (primary N) is 1. The molecule has 6 heteroatoms. The fraction of sp³-hybridized carbons (Fsp3) is 0.222. The summed E-state index contributed by atoms with van der Waals surface area (Å²) in [6, 6.07) is 2.57. The fourth-order valence-electron chi connectivity index (χ4n) is 1.52. The maximum atomic E-state index is 11.2. The van der Waals surface area contributed by atoms with E-state index >= 15 is 0 Å². The number of aromatic carboxylic acids is 1. The number of rotatable bonds is 2. The second-order valence-electron chi connectivity index (χ2n) is 3.29. The topological polar surface area (TPSA) is 97.5 Å². The number of sulfonamides is 1. The molecule has 0 saturated carbocycles. The first kappa shape index (κ1) is 11.7. The van der Waals surface area contributed by atoms with E-state index in [1.54, 1.807) is 0 Å². The molecule has 0 aromatic heterocycles. The first-order valence-electron chi connectivity index (χ1n) is 4.11. The Labute approximate surface area is 87.6 Å². The SMILES string of the molecule is Cc1cc(C(=O)O)cc(C)c1S(N)(=O)=O. The molecule has 0 aliphatic heterocycles. The summed E-state index contributed by atoms with van der Waals surface area (Å²) in [6.45, 7) is 3.03. The average molecular weight is 229 g/mol. The quantitative estimate of drug-likeness (QED) is 0.777. The highest BCUT2D eigenvalue weighted by molar-refractivity contribution is 7.89. The smallest absolute Gasteiger partial charge is 0.335 e. The third-order valence-electron chi connectivity index (χ3n) is 1.99. The van der Waals surface area contributed by atoms with E-state index in [4.69, 9.17) is 10.2 Å². The lowest BCUT2D eigenvalue weighted by Gasteiger charge is -2.08. The standard InChI is InChI=1S/C9H11NO4S/c1-5-3-7(9(11)12)4-6(2)8(5)15(10,13)14/h3-4H,1-2H3,(H,11,12)(H2,10,13,14). The maximum absolute atomic E-state index is 11.2. The van der Waals surface area contributed by atoms with Crippen LogP contribution in [0.3, 0.4) is 0 Å². The van der Waals surface area contributed by atoms with Crippen molar-refractivity contribution >= 4 is 16.0 Å². The van der Waals surface area contributed by atoms with Gasteiger partial charge in [-0.05, 0) is 37.1 Å². The summed E-state index contributed by atoms with van der Waals surface area (Å²) in [7, 11) is -3.80. The molecule has 0 heterocycles. The van der Waals surface area contributed by atoms with Crippen molar-refractivity contribution in [2.75, 3.05) is 0 Å². The van der Waals surface area contributed by atoms with Gasteiger partial charge in [-0.1, -0.05) is 0 Å². The molecule has 0 fully saturated rings. The maximum Gasteiger partial charge on any atom is 0.335 e. The number of primary sulfonamides is 1. The van der Waals surface area contributed by atoms with Crippen molar-refractivity contribution in [3.63, 3.8) is 0 Å². The van der Waals surface area contributed by atoms with E-state index in [1.165, 1.54) is 26.0 Å². The Hall–Kier alpha value is -1.40. The van der Waals surface area contributed by atoms with Crippen molar-refractivity contribution in [2.24, 2.45) is 5.14 Å². The van der Waals surface area contributed by atoms with Crippen molar-refractivity contribution in [3.05, 3.63) is 28.8 Å². The van der Waals surface area contributed by atoms with Crippen molar-refractivity contribution in [2.45, 2.75) is 18.7 Å². The lowest BCUT2D eigenvalue weighted by atomic mass is 10.1. The summed E-state index contributed by atoms with van der Waals surface area (Å²) >= 11 is 0. The second-order valence-corrected chi connectivity index (χ2v) is 4.79. The van der Waals surface area contributed by atoms with Crippen LogP contribution >= 0.6 is 0 Å². The van der Waals surface area contributed by atoms with Crippen LogP contribution in [0.4, 0.5) is 0 Å². The van der Waals surface area contributed by atoms with Gasteiger partial charge < -0.3 is 5.11 Å². The molecule has 82 valence electrons. The Kier molecular flexibility index (Phi) is 2.83. The molecular formula is C9H11NO4S. The fourth-order valence-corrected chi connectivity index (χ4v) is 2.54. The first-order valence-corrected chi connectivity index (χ1v) is 5.65. The van der Waals surface area contributed by atoms with E-state index in [-0.39, 0.29) is 10.5 Å². The van der Waals surface area contributed by atoms with Crippen molar-refractivity contribution in [1.82, 2.24) is 0 Å². The Bertz CT molecular complexity index is 496. The number of aryl methyl sites for hydroxylation is 2. The van der Waals surface area contributed by atoms with Gasteiger partial charge in [-0.2, -0.15) is 0 Å². The van der Waals surface area contributed by atoms with Crippen LogP contribution in [0.25, 0.3) is 0 Å². The first-order chi connectivity index (χ1) is 6.73.